The summed E-state index contributed by atoms with van der Waals surface area (Å²) in [4.78, 5) is 28.8. The van der Waals surface area contributed by atoms with Gasteiger partial charge in [-0.15, -0.1) is 0 Å². The van der Waals surface area contributed by atoms with Gasteiger partial charge in [-0.1, -0.05) is 29.3 Å². The van der Waals surface area contributed by atoms with E-state index in [1.54, 1.807) is 24.3 Å². The first kappa shape index (κ1) is 19.7. The molecule has 1 aliphatic heterocycles. The molecule has 0 atom stereocenters. The Morgan fingerprint density at radius 3 is 2.19 bits per heavy atom. The molecule has 1 aliphatic rings. The highest BCUT2D eigenvalue weighted by atomic mass is 35.5. The number of aryl methyl sites for hydroxylation is 1. The molecule has 1 amide bonds. The van der Waals surface area contributed by atoms with Crippen LogP contribution in [0.4, 0.5) is 5.69 Å². The third kappa shape index (κ3) is 5.02. The SMILES string of the molecule is Cc1ccc(Cl)cc1N1CCN(C(=O)CCC(=O)c2ccc(Cl)cc2)CC1. The van der Waals surface area contributed by atoms with Crippen LogP contribution in [0.25, 0.3) is 0 Å². The van der Waals surface area contributed by atoms with E-state index in [-0.39, 0.29) is 24.5 Å². The maximum absolute atomic E-state index is 12.5. The molecule has 27 heavy (non-hydrogen) atoms. The molecule has 0 saturated carbocycles. The Balaban J connectivity index is 1.50. The van der Waals surface area contributed by atoms with E-state index < -0.39 is 0 Å². The highest BCUT2D eigenvalue weighted by Gasteiger charge is 2.22. The number of rotatable bonds is 5. The van der Waals surface area contributed by atoms with Crippen LogP contribution in [0.1, 0.15) is 28.8 Å². The van der Waals surface area contributed by atoms with Crippen LogP contribution in [0.2, 0.25) is 10.0 Å². The number of hydrogen-bond donors (Lipinski definition) is 0. The summed E-state index contributed by atoms with van der Waals surface area (Å²) in [5.74, 6) is -0.00650. The third-order valence-corrected chi connectivity index (χ3v) is 5.36. The van der Waals surface area contributed by atoms with Crippen molar-refractivity contribution in [3.05, 3.63) is 63.6 Å². The number of hydrogen-bond acceptors (Lipinski definition) is 3. The largest absolute Gasteiger partial charge is 0.368 e. The summed E-state index contributed by atoms with van der Waals surface area (Å²) >= 11 is 12.0. The number of carbonyl (C=O) groups is 2. The number of Topliss-reactive ketones (excluding diaryl/α,β-unsaturated/α-hetero) is 1. The van der Waals surface area contributed by atoms with Crippen LogP contribution in [-0.4, -0.2) is 42.8 Å². The molecule has 2 aromatic carbocycles. The van der Waals surface area contributed by atoms with Crippen molar-refractivity contribution in [2.75, 3.05) is 31.1 Å². The molecule has 1 heterocycles. The van der Waals surface area contributed by atoms with Gasteiger partial charge < -0.3 is 9.80 Å². The Bertz CT molecular complexity index is 829. The lowest BCUT2D eigenvalue weighted by Crippen LogP contribution is -2.49. The van der Waals surface area contributed by atoms with Crippen LogP contribution >= 0.6 is 23.2 Å². The number of nitrogens with zero attached hydrogens (tertiary/aromatic N) is 2. The van der Waals surface area contributed by atoms with E-state index in [4.69, 9.17) is 23.2 Å². The van der Waals surface area contributed by atoms with E-state index >= 15 is 0 Å². The lowest BCUT2D eigenvalue weighted by atomic mass is 10.1. The van der Waals surface area contributed by atoms with E-state index in [1.165, 1.54) is 5.56 Å². The van der Waals surface area contributed by atoms with Crippen molar-refractivity contribution in [2.45, 2.75) is 19.8 Å². The summed E-state index contributed by atoms with van der Waals surface area (Å²) in [6.07, 6.45) is 0.450. The Morgan fingerprint density at radius 1 is 0.889 bits per heavy atom. The fourth-order valence-electron chi connectivity index (χ4n) is 3.28. The van der Waals surface area contributed by atoms with Gasteiger partial charge in [-0.05, 0) is 48.9 Å². The molecule has 0 spiro atoms. The molecule has 0 N–H and O–H groups in total. The topological polar surface area (TPSA) is 40.6 Å². The summed E-state index contributed by atoms with van der Waals surface area (Å²) in [7, 11) is 0. The van der Waals surface area contributed by atoms with Crippen molar-refractivity contribution in [1.29, 1.82) is 0 Å². The highest BCUT2D eigenvalue weighted by Crippen LogP contribution is 2.25. The predicted molar refractivity (Wildman–Crippen MR) is 110 cm³/mol. The Hall–Kier alpha value is -2.04. The zero-order valence-corrected chi connectivity index (χ0v) is 16.8. The van der Waals surface area contributed by atoms with Crippen LogP contribution < -0.4 is 4.90 Å². The molecule has 0 aromatic heterocycles. The minimum atomic E-state index is -0.0341. The molecule has 1 saturated heterocycles. The molecule has 6 heteroatoms. The number of carbonyl (C=O) groups excluding carboxylic acids is 2. The van der Waals surface area contributed by atoms with Gasteiger partial charge in [-0.2, -0.15) is 0 Å². The second kappa shape index (κ2) is 8.77. The molecular weight excluding hydrogens is 383 g/mol. The minimum Gasteiger partial charge on any atom is -0.368 e. The number of benzene rings is 2. The number of amides is 1. The number of halogens is 2. The van der Waals surface area contributed by atoms with Gasteiger partial charge in [0.25, 0.3) is 0 Å². The zero-order chi connectivity index (χ0) is 19.4. The molecule has 0 radical (unpaired) electrons. The molecule has 142 valence electrons. The van der Waals surface area contributed by atoms with E-state index in [1.807, 2.05) is 23.1 Å². The Labute approximate surface area is 169 Å². The van der Waals surface area contributed by atoms with Gasteiger partial charge >= 0.3 is 0 Å². The average Bonchev–Trinajstić information content (AvgIpc) is 2.68. The van der Waals surface area contributed by atoms with Gasteiger partial charge in [0.2, 0.25) is 5.91 Å². The maximum atomic E-state index is 12.5. The van der Waals surface area contributed by atoms with Gasteiger partial charge in [0.05, 0.1) is 0 Å². The van der Waals surface area contributed by atoms with Crippen molar-refractivity contribution >= 4 is 40.6 Å². The van der Waals surface area contributed by atoms with Crippen molar-refractivity contribution in [3.8, 4) is 0 Å². The lowest BCUT2D eigenvalue weighted by molar-refractivity contribution is -0.131. The third-order valence-electron chi connectivity index (χ3n) is 4.88. The van der Waals surface area contributed by atoms with Crippen molar-refractivity contribution in [1.82, 2.24) is 4.90 Å². The molecule has 0 aliphatic carbocycles. The highest BCUT2D eigenvalue weighted by molar-refractivity contribution is 6.31. The predicted octanol–water partition coefficient (Wildman–Crippen LogP) is 4.61. The first-order valence-electron chi connectivity index (χ1n) is 9.01. The number of ketones is 1. The summed E-state index contributed by atoms with van der Waals surface area (Å²) < 4.78 is 0. The zero-order valence-electron chi connectivity index (χ0n) is 15.3. The summed E-state index contributed by atoms with van der Waals surface area (Å²) in [5, 5.41) is 1.31. The van der Waals surface area contributed by atoms with E-state index in [0.29, 0.717) is 23.7 Å². The molecule has 3 rings (SSSR count). The minimum absolute atomic E-state index is 0.0276. The summed E-state index contributed by atoms with van der Waals surface area (Å²) in [6.45, 7) is 4.89. The molecular formula is C21H22Cl2N2O2. The summed E-state index contributed by atoms with van der Waals surface area (Å²) in [5.41, 5.74) is 2.88. The first-order valence-corrected chi connectivity index (χ1v) is 9.77. The number of piperazine rings is 1. The monoisotopic (exact) mass is 404 g/mol. The lowest BCUT2D eigenvalue weighted by Gasteiger charge is -2.37. The Kier molecular flexibility index (Phi) is 6.40. The molecule has 0 bridgehead atoms. The van der Waals surface area contributed by atoms with Gasteiger partial charge in [0.15, 0.2) is 5.78 Å². The smallest absolute Gasteiger partial charge is 0.223 e. The molecule has 4 nitrogen and oxygen atoms in total. The van der Waals surface area contributed by atoms with Crippen LogP contribution in [0, 0.1) is 6.92 Å². The van der Waals surface area contributed by atoms with Crippen LogP contribution in [0.15, 0.2) is 42.5 Å². The van der Waals surface area contributed by atoms with E-state index in [2.05, 4.69) is 11.8 Å². The molecule has 1 fully saturated rings. The van der Waals surface area contributed by atoms with Gasteiger partial charge in [0.1, 0.15) is 0 Å². The quantitative estimate of drug-likeness (QED) is 0.682. The average molecular weight is 405 g/mol. The van der Waals surface area contributed by atoms with Crippen LogP contribution in [0.5, 0.6) is 0 Å². The van der Waals surface area contributed by atoms with Crippen LogP contribution in [-0.2, 0) is 4.79 Å². The fourth-order valence-corrected chi connectivity index (χ4v) is 3.57. The Morgan fingerprint density at radius 2 is 1.52 bits per heavy atom. The maximum Gasteiger partial charge on any atom is 0.223 e. The molecule has 0 unspecified atom stereocenters. The van der Waals surface area contributed by atoms with Crippen molar-refractivity contribution in [2.24, 2.45) is 0 Å². The van der Waals surface area contributed by atoms with Gasteiger partial charge in [-0.3, -0.25) is 9.59 Å². The van der Waals surface area contributed by atoms with Crippen molar-refractivity contribution < 1.29 is 9.59 Å². The first-order chi connectivity index (χ1) is 12.9. The second-order valence-electron chi connectivity index (χ2n) is 6.73. The summed E-state index contributed by atoms with van der Waals surface area (Å²) in [6, 6.07) is 12.6. The van der Waals surface area contributed by atoms with Gasteiger partial charge in [-0.25, -0.2) is 0 Å². The van der Waals surface area contributed by atoms with Gasteiger partial charge in [0, 0.05) is 60.3 Å². The van der Waals surface area contributed by atoms with Crippen LogP contribution in [0.3, 0.4) is 0 Å². The second-order valence-corrected chi connectivity index (χ2v) is 7.60. The normalized spacial score (nSPS) is 14.3. The van der Waals surface area contributed by atoms with E-state index in [9.17, 15) is 9.59 Å². The standard InChI is InChI=1S/C21H22Cl2N2O2/c1-15-2-5-18(23)14-19(15)24-10-12-25(13-11-24)21(27)9-8-20(26)16-3-6-17(22)7-4-16/h2-7,14H,8-13H2,1H3. The molecule has 2 aromatic rings. The number of anilines is 1. The fraction of sp³-hybridized carbons (Fsp3) is 0.333. The van der Waals surface area contributed by atoms with E-state index in [0.717, 1.165) is 23.8 Å². The van der Waals surface area contributed by atoms with Crippen molar-refractivity contribution in [3.63, 3.8) is 0 Å².